The molecule has 0 atom stereocenters. The lowest BCUT2D eigenvalue weighted by Gasteiger charge is -2.02. The molecule has 1 nitrogen and oxygen atoms in total. The summed E-state index contributed by atoms with van der Waals surface area (Å²) in [5.74, 6) is 0. The van der Waals surface area contributed by atoms with Crippen LogP contribution in [0.2, 0.25) is 10.0 Å². The van der Waals surface area contributed by atoms with E-state index in [-0.39, 0.29) is 0 Å². The smallest absolute Gasteiger partial charge is 0.0493 e. The second-order valence-electron chi connectivity index (χ2n) is 3.36. The topological polar surface area (TPSA) is 12.0 Å². The van der Waals surface area contributed by atoms with Gasteiger partial charge in [-0.05, 0) is 25.1 Å². The summed E-state index contributed by atoms with van der Waals surface area (Å²) in [5, 5.41) is 4.72. The van der Waals surface area contributed by atoms with Crippen LogP contribution in [0.5, 0.6) is 0 Å². The van der Waals surface area contributed by atoms with Crippen LogP contribution in [0.25, 0.3) is 6.08 Å². The molecular weight excluding hydrogens is 217 g/mol. The first-order valence-corrected chi connectivity index (χ1v) is 5.37. The first kappa shape index (κ1) is 10.0. The molecule has 74 valence electrons. The molecular formula is C11H11Cl2N. The Morgan fingerprint density at radius 2 is 1.93 bits per heavy atom. The van der Waals surface area contributed by atoms with Crippen LogP contribution >= 0.6 is 23.2 Å². The van der Waals surface area contributed by atoms with Gasteiger partial charge in [-0.25, -0.2) is 0 Å². The van der Waals surface area contributed by atoms with Crippen molar-refractivity contribution in [2.24, 2.45) is 0 Å². The quantitative estimate of drug-likeness (QED) is 0.776. The van der Waals surface area contributed by atoms with Gasteiger partial charge in [-0.3, -0.25) is 0 Å². The molecule has 0 aromatic heterocycles. The maximum absolute atomic E-state index is 6.06. The van der Waals surface area contributed by atoms with Gasteiger partial charge in [0.15, 0.2) is 0 Å². The van der Waals surface area contributed by atoms with Crippen LogP contribution in [-0.2, 0) is 0 Å². The largest absolute Gasteiger partial charge is 0.313 e. The summed E-state index contributed by atoms with van der Waals surface area (Å²) in [6, 6.07) is 5.59. The van der Waals surface area contributed by atoms with E-state index in [1.807, 2.05) is 18.2 Å². The Hall–Kier alpha value is -0.500. The molecule has 1 saturated heterocycles. The van der Waals surface area contributed by atoms with Gasteiger partial charge >= 0.3 is 0 Å². The fourth-order valence-corrected chi connectivity index (χ4v) is 2.07. The Kier molecular flexibility index (Phi) is 3.12. The molecule has 3 heteroatoms. The molecule has 1 fully saturated rings. The van der Waals surface area contributed by atoms with E-state index in [9.17, 15) is 0 Å². The molecule has 0 unspecified atom stereocenters. The molecule has 0 bridgehead atoms. The minimum absolute atomic E-state index is 0.719. The number of rotatable bonds is 1. The Labute approximate surface area is 93.7 Å². The van der Waals surface area contributed by atoms with Gasteiger partial charge in [0.25, 0.3) is 0 Å². The Balaban J connectivity index is 2.36. The van der Waals surface area contributed by atoms with E-state index in [2.05, 4.69) is 11.4 Å². The highest BCUT2D eigenvalue weighted by Gasteiger charge is 2.08. The molecule has 1 aliphatic rings. The molecule has 1 heterocycles. The van der Waals surface area contributed by atoms with Crippen LogP contribution in [-0.4, -0.2) is 13.1 Å². The van der Waals surface area contributed by atoms with Crippen molar-refractivity contribution in [2.75, 3.05) is 13.1 Å². The summed E-state index contributed by atoms with van der Waals surface area (Å²) in [5.41, 5.74) is 2.30. The predicted octanol–water partition coefficient (Wildman–Crippen LogP) is 3.37. The van der Waals surface area contributed by atoms with Crippen LogP contribution < -0.4 is 5.32 Å². The average Bonchev–Trinajstić information content (AvgIpc) is 2.64. The highest BCUT2D eigenvalue weighted by atomic mass is 35.5. The van der Waals surface area contributed by atoms with Crippen molar-refractivity contribution in [1.29, 1.82) is 0 Å². The van der Waals surface area contributed by atoms with Crippen molar-refractivity contribution < 1.29 is 0 Å². The lowest BCUT2D eigenvalue weighted by Crippen LogP contribution is -2.04. The Bertz CT molecular complexity index is 343. The van der Waals surface area contributed by atoms with Crippen molar-refractivity contribution in [1.82, 2.24) is 5.32 Å². The standard InChI is InChI=1S/C11H11Cl2N/c12-10-2-1-3-11(13)9(10)6-8-4-5-14-7-8/h1-3,6,14H,4-5,7H2. The maximum Gasteiger partial charge on any atom is 0.0493 e. The first-order chi connectivity index (χ1) is 6.77. The maximum atomic E-state index is 6.06. The van der Waals surface area contributed by atoms with Gasteiger partial charge in [0.1, 0.15) is 0 Å². The molecule has 0 aliphatic carbocycles. The monoisotopic (exact) mass is 227 g/mol. The van der Waals surface area contributed by atoms with Crippen LogP contribution in [0.15, 0.2) is 23.8 Å². The molecule has 14 heavy (non-hydrogen) atoms. The molecule has 2 rings (SSSR count). The lowest BCUT2D eigenvalue weighted by molar-refractivity contribution is 0.862. The minimum Gasteiger partial charge on any atom is -0.313 e. The van der Waals surface area contributed by atoms with E-state index in [4.69, 9.17) is 23.2 Å². The molecule has 0 saturated carbocycles. The van der Waals surface area contributed by atoms with Crippen LogP contribution in [0, 0.1) is 0 Å². The zero-order chi connectivity index (χ0) is 9.97. The Morgan fingerprint density at radius 3 is 2.50 bits per heavy atom. The molecule has 1 aromatic rings. The van der Waals surface area contributed by atoms with Gasteiger partial charge in [0, 0.05) is 22.2 Å². The van der Waals surface area contributed by atoms with Crippen LogP contribution in [0.1, 0.15) is 12.0 Å². The van der Waals surface area contributed by atoms with Gasteiger partial charge in [-0.2, -0.15) is 0 Å². The summed E-state index contributed by atoms with van der Waals surface area (Å²) in [4.78, 5) is 0. The third kappa shape index (κ3) is 2.11. The molecule has 1 aliphatic heterocycles. The first-order valence-electron chi connectivity index (χ1n) is 4.61. The van der Waals surface area contributed by atoms with Crippen molar-refractivity contribution in [3.8, 4) is 0 Å². The van der Waals surface area contributed by atoms with E-state index in [1.165, 1.54) is 5.57 Å². The zero-order valence-electron chi connectivity index (χ0n) is 7.69. The van der Waals surface area contributed by atoms with E-state index in [0.29, 0.717) is 0 Å². The fraction of sp³-hybridized carbons (Fsp3) is 0.273. The SMILES string of the molecule is Clc1cccc(Cl)c1C=C1CCNC1. The average molecular weight is 228 g/mol. The summed E-state index contributed by atoms with van der Waals surface area (Å²) in [6.07, 6.45) is 3.17. The van der Waals surface area contributed by atoms with Crippen molar-refractivity contribution in [3.05, 3.63) is 39.4 Å². The van der Waals surface area contributed by atoms with E-state index in [0.717, 1.165) is 35.1 Å². The molecule has 1 N–H and O–H groups in total. The van der Waals surface area contributed by atoms with Gasteiger partial charge in [-0.15, -0.1) is 0 Å². The van der Waals surface area contributed by atoms with E-state index in [1.54, 1.807) is 0 Å². The van der Waals surface area contributed by atoms with Gasteiger partial charge < -0.3 is 5.32 Å². The van der Waals surface area contributed by atoms with Crippen molar-refractivity contribution in [2.45, 2.75) is 6.42 Å². The lowest BCUT2D eigenvalue weighted by atomic mass is 10.1. The fourth-order valence-electron chi connectivity index (χ4n) is 1.56. The van der Waals surface area contributed by atoms with Crippen molar-refractivity contribution in [3.63, 3.8) is 0 Å². The predicted molar refractivity (Wildman–Crippen MR) is 61.9 cm³/mol. The molecule has 0 radical (unpaired) electrons. The van der Waals surface area contributed by atoms with Gasteiger partial charge in [0.05, 0.1) is 0 Å². The second kappa shape index (κ2) is 4.35. The highest BCUT2D eigenvalue weighted by Crippen LogP contribution is 2.27. The van der Waals surface area contributed by atoms with Crippen LogP contribution in [0.4, 0.5) is 0 Å². The number of hydrogen-bond acceptors (Lipinski definition) is 1. The number of halogens is 2. The minimum atomic E-state index is 0.719. The number of benzene rings is 1. The van der Waals surface area contributed by atoms with E-state index < -0.39 is 0 Å². The van der Waals surface area contributed by atoms with Crippen LogP contribution in [0.3, 0.4) is 0 Å². The molecule has 0 spiro atoms. The second-order valence-corrected chi connectivity index (χ2v) is 4.18. The third-order valence-electron chi connectivity index (χ3n) is 2.32. The summed E-state index contributed by atoms with van der Waals surface area (Å²) >= 11 is 12.1. The summed E-state index contributed by atoms with van der Waals surface area (Å²) in [6.45, 7) is 2.00. The number of nitrogens with one attached hydrogen (secondary N) is 1. The van der Waals surface area contributed by atoms with Crippen molar-refractivity contribution >= 4 is 29.3 Å². The normalized spacial score (nSPS) is 19.1. The molecule has 0 amide bonds. The highest BCUT2D eigenvalue weighted by molar-refractivity contribution is 6.37. The van der Waals surface area contributed by atoms with Gasteiger partial charge in [0.2, 0.25) is 0 Å². The van der Waals surface area contributed by atoms with Gasteiger partial charge in [-0.1, -0.05) is 40.9 Å². The third-order valence-corrected chi connectivity index (χ3v) is 2.98. The summed E-state index contributed by atoms with van der Waals surface area (Å²) < 4.78 is 0. The Morgan fingerprint density at radius 1 is 1.21 bits per heavy atom. The zero-order valence-corrected chi connectivity index (χ0v) is 9.20. The molecule has 1 aromatic carbocycles. The van der Waals surface area contributed by atoms with E-state index >= 15 is 0 Å². The summed E-state index contributed by atoms with van der Waals surface area (Å²) in [7, 11) is 0. The number of hydrogen-bond donors (Lipinski definition) is 1.